The summed E-state index contributed by atoms with van der Waals surface area (Å²) in [5.74, 6) is 0.662. The van der Waals surface area contributed by atoms with Crippen LogP contribution in [0.2, 0.25) is 0 Å². The Labute approximate surface area is 97.4 Å². The summed E-state index contributed by atoms with van der Waals surface area (Å²) in [7, 11) is 0. The lowest BCUT2D eigenvalue weighted by Crippen LogP contribution is -2.38. The monoisotopic (exact) mass is 212 g/mol. The van der Waals surface area contributed by atoms with E-state index in [1.807, 2.05) is 0 Å². The van der Waals surface area contributed by atoms with E-state index in [-0.39, 0.29) is 0 Å². The van der Waals surface area contributed by atoms with Crippen LogP contribution in [-0.4, -0.2) is 0 Å². The summed E-state index contributed by atoms with van der Waals surface area (Å²) in [5, 5.41) is 0. The van der Waals surface area contributed by atoms with E-state index in [2.05, 4.69) is 73.1 Å². The molecule has 0 aliphatic carbocycles. The number of nitrogens with zero attached hydrogens (tertiary/aromatic N) is 1. The van der Waals surface area contributed by atoms with E-state index in [9.17, 15) is 0 Å². The highest BCUT2D eigenvalue weighted by atomic mass is 15.0. The number of hydrogen-bond donors (Lipinski definition) is 0. The molecule has 1 nitrogen and oxygen atoms in total. The van der Waals surface area contributed by atoms with Gasteiger partial charge in [-0.05, 0) is 18.2 Å². The minimum absolute atomic E-state index is 0.662. The second-order valence-corrected chi connectivity index (χ2v) is 4.50. The molecule has 0 fully saturated rings. The minimum Gasteiger partial charge on any atom is -0.198 e. The first kappa shape index (κ1) is 10.9. The molecule has 0 amide bonds. The molecule has 0 N–H and O–H groups in total. The van der Waals surface area contributed by atoms with E-state index >= 15 is 0 Å². The predicted molar refractivity (Wildman–Crippen MR) is 66.9 cm³/mol. The number of benzene rings is 1. The van der Waals surface area contributed by atoms with E-state index in [0.29, 0.717) is 5.92 Å². The summed E-state index contributed by atoms with van der Waals surface area (Å²) in [6.07, 6.45) is 2.16. The molecule has 0 bridgehead atoms. The van der Waals surface area contributed by atoms with Crippen molar-refractivity contribution in [2.75, 3.05) is 0 Å². The lowest BCUT2D eigenvalue weighted by Gasteiger charge is -2.05. The maximum absolute atomic E-state index is 2.32. The van der Waals surface area contributed by atoms with Gasteiger partial charge in [0.15, 0.2) is 12.7 Å². The first-order chi connectivity index (χ1) is 7.77. The quantitative estimate of drug-likeness (QED) is 0.687. The molecule has 0 aliphatic heterocycles. The fourth-order valence-electron chi connectivity index (χ4n) is 1.90. The topological polar surface area (TPSA) is 3.88 Å². The van der Waals surface area contributed by atoms with Gasteiger partial charge in [-0.2, -0.15) is 4.57 Å². The highest BCUT2D eigenvalue weighted by molar-refractivity contribution is 5.55. The second kappa shape index (κ2) is 4.93. The fourth-order valence-corrected chi connectivity index (χ4v) is 1.90. The first-order valence-corrected chi connectivity index (χ1v) is 5.81. The standard InChI is InChI=1S/C15H18N/c1-13(2)12-16-11-7-6-10-15(16)14-8-4-3-5-9-14/h3-11,13H,12H2,1-2H3/q+1. The number of rotatable bonds is 3. The number of pyridine rings is 1. The Balaban J connectivity index is 2.41. The van der Waals surface area contributed by atoms with Crippen molar-refractivity contribution in [1.29, 1.82) is 0 Å². The van der Waals surface area contributed by atoms with Crippen molar-refractivity contribution in [1.82, 2.24) is 0 Å². The summed E-state index contributed by atoms with van der Waals surface area (Å²) in [6.45, 7) is 5.55. The maximum Gasteiger partial charge on any atom is 0.212 e. The van der Waals surface area contributed by atoms with Gasteiger partial charge in [0, 0.05) is 23.6 Å². The Morgan fingerprint density at radius 1 is 0.938 bits per heavy atom. The molecule has 16 heavy (non-hydrogen) atoms. The van der Waals surface area contributed by atoms with Gasteiger partial charge in [-0.1, -0.05) is 32.0 Å². The van der Waals surface area contributed by atoms with Gasteiger partial charge >= 0.3 is 0 Å². The van der Waals surface area contributed by atoms with Crippen molar-refractivity contribution in [2.24, 2.45) is 5.92 Å². The molecule has 0 unspecified atom stereocenters. The molecule has 0 atom stereocenters. The van der Waals surface area contributed by atoms with Gasteiger partial charge in [0.2, 0.25) is 5.69 Å². The summed E-state index contributed by atoms with van der Waals surface area (Å²) in [5.41, 5.74) is 2.57. The van der Waals surface area contributed by atoms with Crippen LogP contribution in [-0.2, 0) is 6.54 Å². The lowest BCUT2D eigenvalue weighted by atomic mass is 10.1. The van der Waals surface area contributed by atoms with E-state index in [4.69, 9.17) is 0 Å². The third-order valence-corrected chi connectivity index (χ3v) is 2.57. The van der Waals surface area contributed by atoms with Crippen LogP contribution < -0.4 is 4.57 Å². The summed E-state index contributed by atoms with van der Waals surface area (Å²) in [4.78, 5) is 0. The maximum atomic E-state index is 2.32. The molecule has 1 aromatic carbocycles. The molecular formula is C15H18N+. The van der Waals surface area contributed by atoms with E-state index in [0.717, 1.165) is 6.54 Å². The van der Waals surface area contributed by atoms with Crippen LogP contribution in [0, 0.1) is 5.92 Å². The zero-order valence-corrected chi connectivity index (χ0v) is 9.93. The summed E-state index contributed by atoms with van der Waals surface area (Å²) in [6, 6.07) is 16.9. The fraction of sp³-hybridized carbons (Fsp3) is 0.267. The zero-order valence-electron chi connectivity index (χ0n) is 9.93. The highest BCUT2D eigenvalue weighted by Crippen LogP contribution is 2.14. The van der Waals surface area contributed by atoms with Crippen LogP contribution in [0.15, 0.2) is 54.7 Å². The van der Waals surface area contributed by atoms with Crippen molar-refractivity contribution in [3.05, 3.63) is 54.7 Å². The van der Waals surface area contributed by atoms with Crippen molar-refractivity contribution < 1.29 is 4.57 Å². The van der Waals surface area contributed by atoms with Crippen LogP contribution in [0.3, 0.4) is 0 Å². The molecule has 0 saturated heterocycles. The molecule has 1 heteroatoms. The van der Waals surface area contributed by atoms with Crippen molar-refractivity contribution >= 4 is 0 Å². The highest BCUT2D eigenvalue weighted by Gasteiger charge is 2.12. The van der Waals surface area contributed by atoms with Crippen molar-refractivity contribution in [3.8, 4) is 11.3 Å². The third kappa shape index (κ3) is 2.48. The van der Waals surface area contributed by atoms with Crippen LogP contribution >= 0.6 is 0 Å². The first-order valence-electron chi connectivity index (χ1n) is 5.81. The normalized spacial score (nSPS) is 10.7. The van der Waals surface area contributed by atoms with E-state index in [1.165, 1.54) is 11.3 Å². The van der Waals surface area contributed by atoms with Gasteiger partial charge in [-0.3, -0.25) is 0 Å². The average Bonchev–Trinajstić information content (AvgIpc) is 2.30. The van der Waals surface area contributed by atoms with Crippen molar-refractivity contribution in [2.45, 2.75) is 20.4 Å². The Morgan fingerprint density at radius 2 is 1.62 bits per heavy atom. The molecule has 0 saturated carbocycles. The largest absolute Gasteiger partial charge is 0.212 e. The van der Waals surface area contributed by atoms with Gasteiger partial charge in [-0.15, -0.1) is 0 Å². The SMILES string of the molecule is CC(C)C[n+]1ccccc1-c1ccccc1. The summed E-state index contributed by atoms with van der Waals surface area (Å²) >= 11 is 0. The third-order valence-electron chi connectivity index (χ3n) is 2.57. The Kier molecular flexibility index (Phi) is 3.35. The Bertz CT molecular complexity index is 446. The van der Waals surface area contributed by atoms with Gasteiger partial charge in [0.25, 0.3) is 0 Å². The van der Waals surface area contributed by atoms with Crippen molar-refractivity contribution in [3.63, 3.8) is 0 Å². The molecule has 1 aromatic heterocycles. The predicted octanol–water partition coefficient (Wildman–Crippen LogP) is 3.30. The number of hydrogen-bond acceptors (Lipinski definition) is 0. The van der Waals surface area contributed by atoms with Gasteiger partial charge in [0.1, 0.15) is 0 Å². The Morgan fingerprint density at radius 3 is 2.31 bits per heavy atom. The molecule has 0 spiro atoms. The van der Waals surface area contributed by atoms with Crippen LogP contribution in [0.4, 0.5) is 0 Å². The minimum atomic E-state index is 0.662. The molecule has 0 radical (unpaired) electrons. The van der Waals surface area contributed by atoms with Crippen LogP contribution in [0.1, 0.15) is 13.8 Å². The molecule has 2 rings (SSSR count). The second-order valence-electron chi connectivity index (χ2n) is 4.50. The van der Waals surface area contributed by atoms with Gasteiger partial charge in [-0.25, -0.2) is 0 Å². The van der Waals surface area contributed by atoms with Crippen LogP contribution in [0.5, 0.6) is 0 Å². The van der Waals surface area contributed by atoms with E-state index < -0.39 is 0 Å². The molecular weight excluding hydrogens is 194 g/mol. The smallest absolute Gasteiger partial charge is 0.198 e. The molecule has 82 valence electrons. The zero-order chi connectivity index (χ0) is 11.4. The number of aromatic nitrogens is 1. The average molecular weight is 212 g/mol. The lowest BCUT2D eigenvalue weighted by molar-refractivity contribution is -0.691. The molecule has 0 aliphatic rings. The van der Waals surface area contributed by atoms with Gasteiger partial charge < -0.3 is 0 Å². The van der Waals surface area contributed by atoms with Gasteiger partial charge in [0.05, 0.1) is 0 Å². The molecule has 1 heterocycles. The summed E-state index contributed by atoms with van der Waals surface area (Å²) < 4.78 is 2.32. The Hall–Kier alpha value is -1.63. The van der Waals surface area contributed by atoms with Crippen LogP contribution in [0.25, 0.3) is 11.3 Å². The van der Waals surface area contributed by atoms with E-state index in [1.54, 1.807) is 0 Å². The molecule has 2 aromatic rings.